The van der Waals surface area contributed by atoms with Gasteiger partial charge < -0.3 is 9.88 Å². The van der Waals surface area contributed by atoms with Gasteiger partial charge in [0.05, 0.1) is 6.20 Å². The van der Waals surface area contributed by atoms with Crippen molar-refractivity contribution in [3.63, 3.8) is 0 Å². The molecule has 1 aliphatic rings. The van der Waals surface area contributed by atoms with E-state index in [-0.39, 0.29) is 11.6 Å². The van der Waals surface area contributed by atoms with Gasteiger partial charge in [0.1, 0.15) is 11.6 Å². The number of carbonyl (C=O) groups is 1. The molecule has 1 amide bonds. The number of halogens is 2. The fraction of sp³-hybridized carbons (Fsp3) is 0.357. The Morgan fingerprint density at radius 1 is 1.38 bits per heavy atom. The molecule has 7 heteroatoms. The number of hydrogen-bond donors (Lipinski definition) is 1. The van der Waals surface area contributed by atoms with Gasteiger partial charge in [0.25, 0.3) is 5.91 Å². The van der Waals surface area contributed by atoms with E-state index < -0.39 is 17.5 Å². The second-order valence-electron chi connectivity index (χ2n) is 5.05. The minimum Gasteiger partial charge on any atom is -0.348 e. The van der Waals surface area contributed by atoms with Gasteiger partial charge in [0.15, 0.2) is 11.5 Å². The number of likely N-dealkylation sites (tertiary alicyclic amines) is 1. The molecule has 1 aliphatic heterocycles. The number of imidazole rings is 1. The van der Waals surface area contributed by atoms with E-state index in [4.69, 9.17) is 0 Å². The van der Waals surface area contributed by atoms with E-state index in [1.165, 1.54) is 0 Å². The number of pyridine rings is 1. The largest absolute Gasteiger partial charge is 0.348 e. The van der Waals surface area contributed by atoms with Crippen molar-refractivity contribution in [1.29, 1.82) is 0 Å². The quantitative estimate of drug-likeness (QED) is 0.922. The number of hydrogen-bond acceptors (Lipinski definition) is 3. The van der Waals surface area contributed by atoms with Crippen LogP contribution in [0, 0.1) is 11.6 Å². The summed E-state index contributed by atoms with van der Waals surface area (Å²) in [7, 11) is 0. The molecule has 21 heavy (non-hydrogen) atoms. The Kier molecular flexibility index (Phi) is 3.64. The monoisotopic (exact) mass is 292 g/mol. The summed E-state index contributed by atoms with van der Waals surface area (Å²) in [5.74, 6) is -1.32. The van der Waals surface area contributed by atoms with Gasteiger partial charge in [0, 0.05) is 37.5 Å². The van der Waals surface area contributed by atoms with Gasteiger partial charge in [-0.2, -0.15) is 0 Å². The lowest BCUT2D eigenvalue weighted by Gasteiger charge is -2.31. The fourth-order valence-corrected chi connectivity index (χ4v) is 2.61. The van der Waals surface area contributed by atoms with Gasteiger partial charge in [-0.1, -0.05) is 0 Å². The molecule has 2 aromatic heterocycles. The molecule has 2 aromatic rings. The number of H-pyrrole nitrogens is 1. The predicted molar refractivity (Wildman–Crippen MR) is 70.6 cm³/mol. The molecular formula is C14H14F2N4O. The fourth-order valence-electron chi connectivity index (χ4n) is 2.61. The molecule has 0 bridgehead atoms. The van der Waals surface area contributed by atoms with Crippen LogP contribution in [0.15, 0.2) is 24.7 Å². The summed E-state index contributed by atoms with van der Waals surface area (Å²) in [4.78, 5) is 24.7. The lowest BCUT2D eigenvalue weighted by molar-refractivity contribution is 0.0693. The summed E-state index contributed by atoms with van der Waals surface area (Å²) in [5, 5.41) is 0. The van der Waals surface area contributed by atoms with E-state index in [1.807, 2.05) is 0 Å². The predicted octanol–water partition coefficient (Wildman–Crippen LogP) is 2.10. The van der Waals surface area contributed by atoms with Gasteiger partial charge in [-0.3, -0.25) is 4.79 Å². The van der Waals surface area contributed by atoms with Crippen LogP contribution in [0.1, 0.15) is 35.1 Å². The maximum atomic E-state index is 13.7. The van der Waals surface area contributed by atoms with Crippen molar-refractivity contribution in [2.24, 2.45) is 0 Å². The zero-order valence-corrected chi connectivity index (χ0v) is 11.2. The van der Waals surface area contributed by atoms with Crippen LogP contribution in [0.25, 0.3) is 0 Å². The standard InChI is InChI=1S/C14H14F2N4O/c15-10-6-11(16)12(19-7-10)14(21)20-5-1-2-9(8-20)13-17-3-4-18-13/h3-4,6-7,9H,1-2,5,8H2,(H,17,18)/t9-/m1/s1. The summed E-state index contributed by atoms with van der Waals surface area (Å²) < 4.78 is 26.5. The highest BCUT2D eigenvalue weighted by molar-refractivity contribution is 5.92. The van der Waals surface area contributed by atoms with Gasteiger partial charge >= 0.3 is 0 Å². The Bertz CT molecular complexity index is 644. The smallest absolute Gasteiger partial charge is 0.275 e. The summed E-state index contributed by atoms with van der Waals surface area (Å²) in [6, 6.07) is 0.675. The molecule has 3 heterocycles. The molecule has 110 valence electrons. The van der Waals surface area contributed by atoms with Gasteiger partial charge in [-0.15, -0.1) is 0 Å². The number of aromatic nitrogens is 3. The second-order valence-corrected chi connectivity index (χ2v) is 5.05. The first-order valence-corrected chi connectivity index (χ1v) is 6.74. The average Bonchev–Trinajstić information content (AvgIpc) is 3.01. The van der Waals surface area contributed by atoms with E-state index in [9.17, 15) is 13.6 Å². The summed E-state index contributed by atoms with van der Waals surface area (Å²) >= 11 is 0. The molecule has 0 radical (unpaired) electrons. The van der Waals surface area contributed by atoms with Crippen molar-refractivity contribution < 1.29 is 13.6 Å². The molecule has 0 spiro atoms. The van der Waals surface area contributed by atoms with E-state index in [2.05, 4.69) is 15.0 Å². The Labute approximate surface area is 120 Å². The highest BCUT2D eigenvalue weighted by atomic mass is 19.1. The van der Waals surface area contributed by atoms with Crippen LogP contribution in [0.3, 0.4) is 0 Å². The molecule has 1 fully saturated rings. The van der Waals surface area contributed by atoms with Crippen LogP contribution >= 0.6 is 0 Å². The molecule has 3 rings (SSSR count). The van der Waals surface area contributed by atoms with Crippen molar-refractivity contribution >= 4 is 5.91 Å². The molecule has 1 atom stereocenters. The van der Waals surface area contributed by atoms with Crippen molar-refractivity contribution in [3.05, 3.63) is 47.8 Å². The van der Waals surface area contributed by atoms with E-state index >= 15 is 0 Å². The van der Waals surface area contributed by atoms with Crippen LogP contribution in [-0.2, 0) is 0 Å². The SMILES string of the molecule is O=C(c1ncc(F)cc1F)N1CCC[C@@H](c2ncc[nH]2)C1. The third-order valence-electron chi connectivity index (χ3n) is 3.63. The first-order valence-electron chi connectivity index (χ1n) is 6.74. The number of carbonyl (C=O) groups excluding carboxylic acids is 1. The number of aromatic amines is 1. The maximum Gasteiger partial charge on any atom is 0.275 e. The maximum absolute atomic E-state index is 13.7. The third-order valence-corrected chi connectivity index (χ3v) is 3.63. The van der Waals surface area contributed by atoms with Gasteiger partial charge in [-0.25, -0.2) is 18.7 Å². The minimum atomic E-state index is -0.930. The molecule has 0 saturated carbocycles. The number of nitrogens with zero attached hydrogens (tertiary/aromatic N) is 3. The Hall–Kier alpha value is -2.31. The van der Waals surface area contributed by atoms with Crippen LogP contribution in [0.5, 0.6) is 0 Å². The topological polar surface area (TPSA) is 61.9 Å². The molecule has 0 aliphatic carbocycles. The average molecular weight is 292 g/mol. The van der Waals surface area contributed by atoms with Crippen LogP contribution in [0.4, 0.5) is 8.78 Å². The normalized spacial score (nSPS) is 18.8. The van der Waals surface area contributed by atoms with Gasteiger partial charge in [0.2, 0.25) is 0 Å². The molecule has 5 nitrogen and oxygen atoms in total. The zero-order chi connectivity index (χ0) is 14.8. The number of nitrogens with one attached hydrogen (secondary N) is 1. The Balaban J connectivity index is 1.78. The van der Waals surface area contributed by atoms with E-state index in [1.54, 1.807) is 17.3 Å². The Morgan fingerprint density at radius 2 is 2.24 bits per heavy atom. The molecule has 1 saturated heterocycles. The number of piperidine rings is 1. The second kappa shape index (κ2) is 5.59. The number of rotatable bonds is 2. The first kappa shape index (κ1) is 13.7. The highest BCUT2D eigenvalue weighted by Gasteiger charge is 2.28. The van der Waals surface area contributed by atoms with E-state index in [0.717, 1.165) is 24.9 Å². The molecule has 0 aromatic carbocycles. The van der Waals surface area contributed by atoms with Crippen molar-refractivity contribution in [3.8, 4) is 0 Å². The van der Waals surface area contributed by atoms with Crippen molar-refractivity contribution in [2.45, 2.75) is 18.8 Å². The molecule has 1 N–H and O–H groups in total. The van der Waals surface area contributed by atoms with Gasteiger partial charge in [-0.05, 0) is 12.8 Å². The van der Waals surface area contributed by atoms with Crippen LogP contribution < -0.4 is 0 Å². The minimum absolute atomic E-state index is 0.0983. The number of amides is 1. The van der Waals surface area contributed by atoms with E-state index in [0.29, 0.717) is 19.2 Å². The lowest BCUT2D eigenvalue weighted by Crippen LogP contribution is -2.40. The zero-order valence-electron chi connectivity index (χ0n) is 11.2. The summed E-state index contributed by atoms with van der Waals surface area (Å²) in [5.41, 5.74) is -0.337. The first-order chi connectivity index (χ1) is 10.1. The summed E-state index contributed by atoms with van der Waals surface area (Å²) in [6.07, 6.45) is 5.97. The van der Waals surface area contributed by atoms with Crippen LogP contribution in [0.2, 0.25) is 0 Å². The summed E-state index contributed by atoms with van der Waals surface area (Å²) in [6.45, 7) is 0.985. The van der Waals surface area contributed by atoms with Crippen molar-refractivity contribution in [2.75, 3.05) is 13.1 Å². The van der Waals surface area contributed by atoms with Crippen molar-refractivity contribution in [1.82, 2.24) is 19.9 Å². The lowest BCUT2D eigenvalue weighted by atomic mass is 9.97. The third kappa shape index (κ3) is 2.76. The van der Waals surface area contributed by atoms with Crippen LogP contribution in [-0.4, -0.2) is 38.8 Å². The highest BCUT2D eigenvalue weighted by Crippen LogP contribution is 2.25. The molecular weight excluding hydrogens is 278 g/mol. The molecule has 0 unspecified atom stereocenters. The Morgan fingerprint density at radius 3 is 2.95 bits per heavy atom.